The SMILES string of the molecule is C=C[C@@H]1O[C@@H]2C3=C(C)[C@@H](OC(=O)[C@H](O)[C@@H](NC(=O)OC(C)(C)C)c4ncccc4F)C[C@@](O)([C@@H](OC(=O)c4ccccc4)[C@H]4[C@@](C)(CC[C@H]5OC[C@]54OC(C)=O)[C@@H]2O1)C3(C)C.CC(=O)O[C@@]12CO[C@@H]1CC[C@@]1(C)[C@@H]3O[C@H](CN4CC(C)(O)C4)O[C@@H]3C3=C(C)[C@@H](OC(=O)[C@H](O)[C@@H](NC(=O)OC(C)(C)C)c4ncccc4F)C[C@@](O)([C@@H](OC(=O)c4ccccc4)[C@@H]12)C3(C)C. The van der Waals surface area contributed by atoms with Crippen LogP contribution in [-0.2, 0) is 85.5 Å². The summed E-state index contributed by atoms with van der Waals surface area (Å²) in [4.78, 5) is 120. The van der Waals surface area contributed by atoms with E-state index in [0.717, 1.165) is 12.1 Å². The second-order valence-electron chi connectivity index (χ2n) is 39.5. The third-order valence-electron chi connectivity index (χ3n) is 27.9. The van der Waals surface area contributed by atoms with Gasteiger partial charge in [0.2, 0.25) is 0 Å². The van der Waals surface area contributed by atoms with Gasteiger partial charge in [0.1, 0.15) is 106 Å². The van der Waals surface area contributed by atoms with Gasteiger partial charge >= 0.3 is 48.0 Å². The molecule has 0 spiro atoms. The highest BCUT2D eigenvalue weighted by Crippen LogP contribution is 2.70. The number of hydrogen-bond donors (Lipinski definition) is 7. The van der Waals surface area contributed by atoms with Crippen LogP contribution in [0.2, 0.25) is 0 Å². The number of halogens is 2. The Balaban J connectivity index is 0.000000206. The number of nitrogens with one attached hydrogen (secondary N) is 2. The fourth-order valence-electron chi connectivity index (χ4n) is 22.2. The first-order valence-electron chi connectivity index (χ1n) is 43.1. The first-order valence-corrected chi connectivity index (χ1v) is 43.1. The molecule has 11 aliphatic rings. The van der Waals surface area contributed by atoms with Crippen LogP contribution in [0.4, 0.5) is 18.4 Å². The Hall–Kier alpha value is -9.30. The van der Waals surface area contributed by atoms with Crippen LogP contribution in [-0.4, -0.2) is 246 Å². The van der Waals surface area contributed by atoms with Gasteiger partial charge in [0, 0.05) is 80.4 Å². The second-order valence-corrected chi connectivity index (χ2v) is 39.5. The molecule has 5 saturated heterocycles. The molecule has 2 aromatic carbocycles. The number of aliphatic hydroxyl groups is 5. The zero-order valence-corrected chi connectivity index (χ0v) is 74.5. The number of nitrogens with zero attached hydrogens (tertiary/aromatic N) is 3. The number of likely N-dealkylation sites (tertiary alicyclic amines) is 1. The molecule has 690 valence electrons. The van der Waals surface area contributed by atoms with E-state index in [2.05, 4.69) is 27.2 Å². The number of hydrogen-bond acceptors (Lipinski definition) is 30. The summed E-state index contributed by atoms with van der Waals surface area (Å²) < 4.78 is 119. The number of esters is 6. The average Bonchev–Trinajstić information content (AvgIpc) is 1.64. The van der Waals surface area contributed by atoms with Crippen molar-refractivity contribution in [3.05, 3.63) is 166 Å². The molecule has 5 aliphatic heterocycles. The Bertz CT molecular complexity index is 4970. The maximum Gasteiger partial charge on any atom is 0.408 e. The molecule has 7 heterocycles. The van der Waals surface area contributed by atoms with Gasteiger partial charge in [0.05, 0.1) is 54.0 Å². The smallest absolute Gasteiger partial charge is 0.408 e. The van der Waals surface area contributed by atoms with Gasteiger partial charge in [-0.05, 0) is 165 Å². The van der Waals surface area contributed by atoms with Crippen molar-refractivity contribution in [2.45, 2.75) is 293 Å². The Kier molecular flexibility index (Phi) is 25.3. The molecule has 4 aromatic rings. The van der Waals surface area contributed by atoms with Crippen LogP contribution in [0.3, 0.4) is 0 Å². The van der Waals surface area contributed by atoms with E-state index in [1.807, 2.05) is 18.7 Å². The molecular formula is C93H117F2N5O27. The van der Waals surface area contributed by atoms with Crippen molar-refractivity contribution < 1.29 is 139 Å². The lowest BCUT2D eigenvalue weighted by molar-refractivity contribution is -0.345. The Labute approximate surface area is 735 Å². The largest absolute Gasteiger partial charge is 0.456 e. The van der Waals surface area contributed by atoms with Crippen molar-refractivity contribution in [2.24, 2.45) is 33.5 Å². The Morgan fingerprint density at radius 2 is 0.961 bits per heavy atom. The monoisotopic (exact) mass is 1770 g/mol. The molecule has 7 N–H and O–H groups in total. The zero-order chi connectivity index (χ0) is 92.4. The van der Waals surface area contributed by atoms with Gasteiger partial charge in [-0.15, -0.1) is 0 Å². The summed E-state index contributed by atoms with van der Waals surface area (Å²) in [5, 5.41) is 66.5. The quantitative estimate of drug-likeness (QED) is 0.0261. The number of fused-ring (bicyclic) bond motifs is 16. The van der Waals surface area contributed by atoms with Crippen molar-refractivity contribution in [3.8, 4) is 0 Å². The van der Waals surface area contributed by atoms with E-state index in [1.165, 1.54) is 44.4 Å². The molecule has 4 bridgehead atoms. The summed E-state index contributed by atoms with van der Waals surface area (Å²) in [5.74, 6) is -9.26. The van der Waals surface area contributed by atoms with Gasteiger partial charge in [-0.25, -0.2) is 37.5 Å². The number of amides is 2. The number of pyridine rings is 2. The molecule has 32 nitrogen and oxygen atoms in total. The van der Waals surface area contributed by atoms with Gasteiger partial charge in [0.15, 0.2) is 36.0 Å². The fraction of sp³-hybridized carbons (Fsp3) is 0.613. The molecule has 6 aliphatic carbocycles. The molecule has 0 unspecified atom stereocenters. The van der Waals surface area contributed by atoms with Crippen LogP contribution in [0.25, 0.3) is 0 Å². The molecule has 9 fully saturated rings. The molecule has 2 amide bonds. The van der Waals surface area contributed by atoms with Gasteiger partial charge in [0.25, 0.3) is 0 Å². The van der Waals surface area contributed by atoms with Gasteiger partial charge in [-0.1, -0.05) is 84.5 Å². The molecule has 24 atom stereocenters. The summed E-state index contributed by atoms with van der Waals surface area (Å²) in [6.07, 6.45) is -14.1. The zero-order valence-electron chi connectivity index (χ0n) is 74.5. The molecule has 127 heavy (non-hydrogen) atoms. The van der Waals surface area contributed by atoms with Crippen LogP contribution in [0.15, 0.2) is 132 Å². The number of rotatable bonds is 19. The van der Waals surface area contributed by atoms with E-state index in [0.29, 0.717) is 61.1 Å². The highest BCUT2D eigenvalue weighted by atomic mass is 19.1. The number of alkyl carbamates (subject to hydrolysis) is 2. The maximum atomic E-state index is 15.4. The molecule has 0 radical (unpaired) electrons. The molecule has 2 aromatic heterocycles. The first kappa shape index (κ1) is 93.8. The lowest BCUT2D eigenvalue weighted by atomic mass is 9.45. The van der Waals surface area contributed by atoms with E-state index in [-0.39, 0.29) is 30.9 Å². The lowest BCUT2D eigenvalue weighted by Gasteiger charge is -2.68. The predicted octanol–water partition coefficient (Wildman–Crippen LogP) is 9.26. The Morgan fingerprint density at radius 3 is 1.31 bits per heavy atom. The summed E-state index contributed by atoms with van der Waals surface area (Å²) >= 11 is 0. The van der Waals surface area contributed by atoms with Crippen LogP contribution in [0, 0.1) is 45.1 Å². The van der Waals surface area contributed by atoms with E-state index < -0.39 is 254 Å². The van der Waals surface area contributed by atoms with Crippen molar-refractivity contribution in [2.75, 3.05) is 32.8 Å². The number of carbonyl (C=O) groups is 8. The standard InChI is InChI=1S/C48H62FN3O14.C45H55FN2O13/c1-25-29(61-41(56)35(54)34(33-28(49)16-13-19-50-33)51-42(57)66-43(3,4)5)20-48(59)39(64-40(55)27-14-11-10-12-15-27)37-46(9,18-17-30-47(37,24-60-30)65-26(2)53)38-36(32(25)44(48,6)7)62-31(63-38)21-52-22-45(8,58)23-52;1-10-29-57-34-30-23(2)27(56-39(52)33(50)32(31-26(46)17-14-20-47-31)48-40(53)61-41(4,5)6)21-45(54,42(30,7)8)37(59-38(51)25-15-12-11-13-16-25)35-43(9,36(34)58-29)19-18-28-44(35,22-55-28)60-24(3)49/h10-16,19,29-31,34-39,54,58-59H,17-18,20-24H2,1-9H3,(H,51,57);10-17,20,27-29,32-37,50,54H,1,18-19,21-22H2,2-9H3,(H,48,53)/t29-,30+,31+,34-,35+,36+,37-,38+,39-,46+,47-,48+;27-,28+,29+,32-,33+,34+,35-,36+,37-,43+,44-,45+/m00/s1. The maximum absolute atomic E-state index is 15.4. The number of benzene rings is 2. The highest BCUT2D eigenvalue weighted by molar-refractivity contribution is 5.90. The number of aliphatic hydroxyl groups excluding tert-OH is 2. The third kappa shape index (κ3) is 17.0. The molecule has 34 heteroatoms. The van der Waals surface area contributed by atoms with E-state index in [1.54, 1.807) is 151 Å². The topological polar surface area (TPSA) is 420 Å². The second kappa shape index (κ2) is 34.2. The van der Waals surface area contributed by atoms with Gasteiger partial charge in [-0.3, -0.25) is 24.5 Å². The number of aromatic nitrogens is 2. The van der Waals surface area contributed by atoms with Crippen LogP contribution in [0.5, 0.6) is 0 Å². The first-order chi connectivity index (χ1) is 59.4. The van der Waals surface area contributed by atoms with Gasteiger partial charge in [-0.2, -0.15) is 0 Å². The van der Waals surface area contributed by atoms with Crippen LogP contribution >= 0.6 is 0 Å². The van der Waals surface area contributed by atoms with Crippen LogP contribution < -0.4 is 10.6 Å². The summed E-state index contributed by atoms with van der Waals surface area (Å²) in [6.45, 7) is 33.2. The molecule has 4 saturated carbocycles. The van der Waals surface area contributed by atoms with Crippen molar-refractivity contribution >= 4 is 48.0 Å². The fourth-order valence-corrected chi connectivity index (χ4v) is 22.2. The van der Waals surface area contributed by atoms with E-state index in [9.17, 15) is 63.9 Å². The number of carbonyl (C=O) groups excluding carboxylic acids is 8. The normalized spacial score (nSPS) is 34.9. The van der Waals surface area contributed by atoms with Crippen molar-refractivity contribution in [1.29, 1.82) is 0 Å². The summed E-state index contributed by atoms with van der Waals surface area (Å²) in [7, 11) is 0. The van der Waals surface area contributed by atoms with Crippen molar-refractivity contribution in [1.82, 2.24) is 25.5 Å². The predicted molar refractivity (Wildman–Crippen MR) is 442 cm³/mol. The van der Waals surface area contributed by atoms with E-state index in [4.69, 9.17) is 66.3 Å². The minimum absolute atomic E-state index is 0.0705. The highest BCUT2D eigenvalue weighted by Gasteiger charge is 2.80. The average molecular weight is 1770 g/mol. The summed E-state index contributed by atoms with van der Waals surface area (Å²) in [6, 6.07) is 17.6. The Morgan fingerprint density at radius 1 is 0.567 bits per heavy atom. The van der Waals surface area contributed by atoms with E-state index >= 15 is 8.78 Å². The number of ether oxygens (including phenoxy) is 14. The minimum atomic E-state index is -2.26. The third-order valence-corrected chi connectivity index (χ3v) is 27.9. The summed E-state index contributed by atoms with van der Waals surface area (Å²) in [5.41, 5.74) is -13.5. The van der Waals surface area contributed by atoms with Gasteiger partial charge < -0.3 is 102 Å². The molecule has 15 rings (SSSR count). The van der Waals surface area contributed by atoms with Crippen molar-refractivity contribution in [3.63, 3.8) is 0 Å². The lowest BCUT2D eigenvalue weighted by Crippen LogP contribution is -2.79. The minimum Gasteiger partial charge on any atom is -0.456 e. The number of β-amino-alcohol motifs (C(OH)–C–C–N with tert-alkyl or cyclic N) is 1. The van der Waals surface area contributed by atoms with Crippen LogP contribution in [0.1, 0.15) is 200 Å². The molecular weight excluding hydrogens is 1660 g/mol.